The van der Waals surface area contributed by atoms with Crippen LogP contribution in [0.25, 0.3) is 0 Å². The van der Waals surface area contributed by atoms with Crippen LogP contribution in [0, 0.1) is 5.92 Å². The molecule has 0 N–H and O–H groups in total. The fraction of sp³-hybridized carbons (Fsp3) is 0.391. The van der Waals surface area contributed by atoms with E-state index in [0.717, 1.165) is 56.3 Å². The van der Waals surface area contributed by atoms with E-state index in [1.54, 1.807) is 0 Å². The first-order valence-corrected chi connectivity index (χ1v) is 10.3. The fourth-order valence-electron chi connectivity index (χ4n) is 5.39. The molecule has 0 aliphatic carbocycles. The van der Waals surface area contributed by atoms with Crippen molar-refractivity contribution in [1.82, 2.24) is 9.80 Å². The molecule has 5 aliphatic heterocycles. The van der Waals surface area contributed by atoms with E-state index in [-0.39, 0.29) is 12.2 Å². The van der Waals surface area contributed by atoms with Crippen molar-refractivity contribution in [3.8, 4) is 11.5 Å². The summed E-state index contributed by atoms with van der Waals surface area (Å²) in [6.07, 6.45) is 1.83. The molecule has 2 aromatic rings. The van der Waals surface area contributed by atoms with Crippen LogP contribution in [0.1, 0.15) is 11.1 Å². The van der Waals surface area contributed by atoms with Crippen LogP contribution >= 0.6 is 0 Å². The van der Waals surface area contributed by atoms with Gasteiger partial charge in [0.05, 0.1) is 17.3 Å². The lowest BCUT2D eigenvalue weighted by Gasteiger charge is -2.50. The first-order valence-electron chi connectivity index (χ1n) is 10.3. The normalized spacial score (nSPS) is 33.5. The summed E-state index contributed by atoms with van der Waals surface area (Å²) >= 11 is 0. The third-order valence-electron chi connectivity index (χ3n) is 6.65. The molecule has 2 aromatic carbocycles. The Morgan fingerprint density at radius 3 is 2.48 bits per heavy atom. The number of hydrogen-bond acceptors (Lipinski definition) is 6. The van der Waals surface area contributed by atoms with Crippen molar-refractivity contribution < 1.29 is 9.47 Å². The molecule has 2 atom stereocenters. The highest BCUT2D eigenvalue weighted by Crippen LogP contribution is 2.41. The minimum Gasteiger partial charge on any atom is -0.454 e. The van der Waals surface area contributed by atoms with Crippen LogP contribution in [0.5, 0.6) is 11.5 Å². The summed E-state index contributed by atoms with van der Waals surface area (Å²) in [6.45, 7) is 6.82. The summed E-state index contributed by atoms with van der Waals surface area (Å²) in [5.41, 5.74) is 3.51. The number of rotatable bonds is 3. The van der Waals surface area contributed by atoms with Crippen LogP contribution in [-0.4, -0.2) is 67.8 Å². The predicted molar refractivity (Wildman–Crippen MR) is 112 cm³/mol. The molecule has 29 heavy (non-hydrogen) atoms. The maximum absolute atomic E-state index is 5.47. The molecule has 6 nitrogen and oxygen atoms in total. The lowest BCUT2D eigenvalue weighted by molar-refractivity contribution is 0.164. The summed E-state index contributed by atoms with van der Waals surface area (Å²) in [4.78, 5) is 5.23. The molecule has 2 unspecified atom stereocenters. The van der Waals surface area contributed by atoms with Crippen molar-refractivity contribution >= 4 is 11.9 Å². The van der Waals surface area contributed by atoms with Crippen LogP contribution in [0.2, 0.25) is 0 Å². The van der Waals surface area contributed by atoms with Crippen LogP contribution in [-0.2, 0) is 5.41 Å². The number of hydrogen-bond donors (Lipinski definition) is 0. The van der Waals surface area contributed by atoms with Gasteiger partial charge in [-0.3, -0.25) is 0 Å². The molecular formula is C23H24N4O2. The van der Waals surface area contributed by atoms with Gasteiger partial charge in [-0.25, -0.2) is 0 Å². The van der Waals surface area contributed by atoms with Crippen LogP contribution in [0.4, 0.5) is 0 Å². The minimum absolute atomic E-state index is 0.0643. The standard InChI is InChI=1S/C23H24N4O2/c1-2-4-19(5-3-1)23-14-26-8-9-27(15-23)13-18(12-26)22(23)25-24-11-17-6-7-20-21(10-17)29-16-28-20/h1-7,10-11,18H,8-9,12-16H2/b24-11-,25-22+. The summed E-state index contributed by atoms with van der Waals surface area (Å²) in [5.74, 6) is 2.00. The number of fused-ring (bicyclic) bond motifs is 2. The molecular weight excluding hydrogens is 364 g/mol. The van der Waals surface area contributed by atoms with Crippen molar-refractivity contribution in [2.75, 3.05) is 46.1 Å². The minimum atomic E-state index is -0.0643. The van der Waals surface area contributed by atoms with Gasteiger partial charge >= 0.3 is 0 Å². The Kier molecular flexibility index (Phi) is 3.96. The Morgan fingerprint density at radius 1 is 0.931 bits per heavy atom. The molecule has 5 aliphatic rings. The molecule has 0 spiro atoms. The molecule has 6 heteroatoms. The molecule has 0 amide bonds. The van der Waals surface area contributed by atoms with Crippen molar-refractivity contribution in [2.24, 2.45) is 16.1 Å². The molecule has 4 bridgehead atoms. The number of nitrogens with zero attached hydrogens (tertiary/aromatic N) is 4. The lowest BCUT2D eigenvalue weighted by Crippen LogP contribution is -2.63. The van der Waals surface area contributed by atoms with Gasteiger partial charge in [-0.15, -0.1) is 0 Å². The molecule has 0 aromatic heterocycles. The van der Waals surface area contributed by atoms with Gasteiger partial charge in [0.1, 0.15) is 0 Å². The van der Waals surface area contributed by atoms with E-state index in [1.165, 1.54) is 11.3 Å². The molecule has 4 fully saturated rings. The van der Waals surface area contributed by atoms with Gasteiger partial charge < -0.3 is 19.3 Å². The van der Waals surface area contributed by atoms with Gasteiger partial charge in [0.15, 0.2) is 11.5 Å². The second-order valence-electron chi connectivity index (χ2n) is 8.46. The average Bonchev–Trinajstić information content (AvgIpc) is 3.08. The highest BCUT2D eigenvalue weighted by molar-refractivity contribution is 5.99. The van der Waals surface area contributed by atoms with E-state index in [2.05, 4.69) is 45.2 Å². The monoisotopic (exact) mass is 388 g/mol. The Balaban J connectivity index is 1.37. The van der Waals surface area contributed by atoms with E-state index >= 15 is 0 Å². The number of ether oxygens (including phenoxy) is 2. The first kappa shape index (κ1) is 17.2. The Labute approximate surface area is 170 Å². The largest absolute Gasteiger partial charge is 0.454 e. The first-order chi connectivity index (χ1) is 14.3. The van der Waals surface area contributed by atoms with Gasteiger partial charge in [-0.2, -0.15) is 10.2 Å². The number of benzene rings is 2. The SMILES string of the molecule is C(=N/N=C1\C2CN3CCN(C2)CC1(c1ccccc1)C3)/c1ccc2c(c1)OCO2. The van der Waals surface area contributed by atoms with Gasteiger partial charge in [0.25, 0.3) is 0 Å². The smallest absolute Gasteiger partial charge is 0.231 e. The Bertz CT molecular complexity index is 972. The quantitative estimate of drug-likeness (QED) is 0.599. The van der Waals surface area contributed by atoms with Gasteiger partial charge in [0, 0.05) is 45.2 Å². The molecule has 4 saturated heterocycles. The van der Waals surface area contributed by atoms with E-state index < -0.39 is 0 Å². The molecule has 5 heterocycles. The summed E-state index contributed by atoms with van der Waals surface area (Å²) in [7, 11) is 0. The highest BCUT2D eigenvalue weighted by atomic mass is 16.7. The fourth-order valence-corrected chi connectivity index (χ4v) is 5.39. The lowest BCUT2D eigenvalue weighted by atomic mass is 9.66. The van der Waals surface area contributed by atoms with Crippen LogP contribution < -0.4 is 9.47 Å². The van der Waals surface area contributed by atoms with E-state index in [1.807, 2.05) is 24.4 Å². The van der Waals surface area contributed by atoms with Gasteiger partial charge in [0.2, 0.25) is 6.79 Å². The number of piperidine rings is 2. The average molecular weight is 388 g/mol. The maximum atomic E-state index is 5.47. The zero-order chi connectivity index (χ0) is 19.3. The van der Waals surface area contributed by atoms with Crippen molar-refractivity contribution in [3.63, 3.8) is 0 Å². The van der Waals surface area contributed by atoms with Crippen LogP contribution in [0.3, 0.4) is 0 Å². The zero-order valence-electron chi connectivity index (χ0n) is 16.3. The van der Waals surface area contributed by atoms with Crippen molar-refractivity contribution in [2.45, 2.75) is 5.41 Å². The Morgan fingerprint density at radius 2 is 1.69 bits per heavy atom. The Hall–Kier alpha value is -2.70. The van der Waals surface area contributed by atoms with E-state index in [4.69, 9.17) is 14.6 Å². The summed E-state index contributed by atoms with van der Waals surface area (Å²) in [5, 5.41) is 9.41. The van der Waals surface area contributed by atoms with Crippen molar-refractivity contribution in [3.05, 3.63) is 59.7 Å². The summed E-state index contributed by atoms with van der Waals surface area (Å²) in [6, 6.07) is 16.8. The van der Waals surface area contributed by atoms with E-state index in [0.29, 0.717) is 5.92 Å². The van der Waals surface area contributed by atoms with Crippen molar-refractivity contribution in [1.29, 1.82) is 0 Å². The summed E-state index contributed by atoms with van der Waals surface area (Å²) < 4.78 is 10.9. The predicted octanol–water partition coefficient (Wildman–Crippen LogP) is 2.39. The zero-order valence-corrected chi connectivity index (χ0v) is 16.3. The van der Waals surface area contributed by atoms with Crippen LogP contribution in [0.15, 0.2) is 58.7 Å². The third-order valence-corrected chi connectivity index (χ3v) is 6.65. The van der Waals surface area contributed by atoms with Gasteiger partial charge in [-0.05, 0) is 29.3 Å². The molecule has 148 valence electrons. The molecule has 0 radical (unpaired) electrons. The maximum Gasteiger partial charge on any atom is 0.231 e. The molecule has 7 rings (SSSR count). The second kappa shape index (κ2) is 6.68. The second-order valence-corrected chi connectivity index (χ2v) is 8.46. The van der Waals surface area contributed by atoms with Gasteiger partial charge in [-0.1, -0.05) is 30.3 Å². The topological polar surface area (TPSA) is 49.7 Å². The molecule has 0 saturated carbocycles. The third kappa shape index (κ3) is 2.86. The highest BCUT2D eigenvalue weighted by Gasteiger charge is 2.53. The van der Waals surface area contributed by atoms with E-state index in [9.17, 15) is 0 Å².